The maximum atomic E-state index is 8.41. The quantitative estimate of drug-likeness (QED) is 0.312. The van der Waals surface area contributed by atoms with Crippen LogP contribution in [0.1, 0.15) is 0 Å². The van der Waals surface area contributed by atoms with Gasteiger partial charge in [-0.2, -0.15) is 0 Å². The monoisotopic (exact) mass is 197 g/mol. The van der Waals surface area contributed by atoms with Gasteiger partial charge in [-0.05, 0) is 6.07 Å². The predicted molar refractivity (Wildman–Crippen MR) is 46.7 cm³/mol. The van der Waals surface area contributed by atoms with Gasteiger partial charge in [-0.15, -0.1) is 0 Å². The van der Waals surface area contributed by atoms with E-state index in [1.54, 1.807) is 24.3 Å². The molecule has 0 aromatic heterocycles. The van der Waals surface area contributed by atoms with E-state index in [0.29, 0.717) is 11.4 Å². The van der Waals surface area contributed by atoms with Crippen molar-refractivity contribution in [3.05, 3.63) is 29.2 Å². The van der Waals surface area contributed by atoms with Gasteiger partial charge in [-0.3, -0.25) is 0 Å². The first-order chi connectivity index (χ1) is 5.72. The number of aliphatic imine (C=N–C) groups is 1. The third-order valence-electron chi connectivity index (χ3n) is 1.20. The van der Waals surface area contributed by atoms with Crippen LogP contribution in [0.2, 0.25) is 0 Å². The van der Waals surface area contributed by atoms with Gasteiger partial charge in [-0.25, -0.2) is 4.99 Å². The molecule has 0 spiro atoms. The van der Waals surface area contributed by atoms with E-state index >= 15 is 0 Å². The molecule has 0 aliphatic heterocycles. The summed E-state index contributed by atoms with van der Waals surface area (Å²) < 4.78 is 0. The lowest BCUT2D eigenvalue weighted by molar-refractivity contribution is -0.00000304. The van der Waals surface area contributed by atoms with Crippen LogP contribution >= 0.6 is 0 Å². The Balaban J connectivity index is 0.00000144. The topological polar surface area (TPSA) is 92.5 Å². The molecule has 1 aromatic rings. The fourth-order valence-electron chi connectivity index (χ4n) is 0.774. The van der Waals surface area contributed by atoms with Gasteiger partial charge in [0.05, 0.1) is 11.8 Å². The number of benzene rings is 1. The Labute approximate surface area is 81.5 Å². The maximum Gasteiger partial charge on any atom is 0.387 e. The minimum atomic E-state index is -0.0231. The lowest BCUT2D eigenvalue weighted by atomic mass is 10.3. The van der Waals surface area contributed by atoms with Crippen LogP contribution in [-0.4, -0.2) is 5.96 Å². The summed E-state index contributed by atoms with van der Waals surface area (Å²) in [7, 11) is 0. The highest BCUT2D eigenvalue weighted by Crippen LogP contribution is 2.19. The fourth-order valence-corrected chi connectivity index (χ4v) is 0.774. The molecule has 0 aliphatic carbocycles. The number of nitrogens with zero attached hydrogens (tertiary/aromatic N) is 3. The van der Waals surface area contributed by atoms with Gasteiger partial charge < -0.3 is 23.9 Å². The Hall–Kier alpha value is -1.80. The standard InChI is InChI=1S/C7H8N5.ClH/c8-7(9)11-5-2-1-3-6(4-5)12-10;/h1-4H,(H4,8,9,11);1H/q+1;/p-1. The average molecular weight is 198 g/mol. The molecule has 0 unspecified atom stereocenters. The van der Waals surface area contributed by atoms with E-state index in [-0.39, 0.29) is 18.4 Å². The maximum absolute atomic E-state index is 8.41. The zero-order chi connectivity index (χ0) is 8.97. The number of nitrogens with two attached hydrogens (primary N) is 2. The van der Waals surface area contributed by atoms with Crippen LogP contribution in [0.4, 0.5) is 11.4 Å². The molecule has 68 valence electrons. The summed E-state index contributed by atoms with van der Waals surface area (Å²) in [5.41, 5.74) is 11.3. The van der Waals surface area contributed by atoms with E-state index in [9.17, 15) is 0 Å². The van der Waals surface area contributed by atoms with Crippen molar-refractivity contribution in [1.29, 1.82) is 5.39 Å². The molecular weight excluding hydrogens is 190 g/mol. The van der Waals surface area contributed by atoms with Crippen molar-refractivity contribution in [3.8, 4) is 0 Å². The summed E-state index contributed by atoms with van der Waals surface area (Å²) in [4.78, 5) is 6.76. The van der Waals surface area contributed by atoms with E-state index in [2.05, 4.69) is 9.97 Å². The SMILES string of the molecule is N#[N+]c1cccc(N=C(N)N)c1.[Cl-]. The highest BCUT2D eigenvalue weighted by atomic mass is 35.5. The van der Waals surface area contributed by atoms with Crippen LogP contribution in [0, 0.1) is 5.39 Å². The Morgan fingerprint density at radius 1 is 1.38 bits per heavy atom. The Morgan fingerprint density at radius 2 is 2.08 bits per heavy atom. The highest BCUT2D eigenvalue weighted by Gasteiger charge is 2.03. The predicted octanol–water partition coefficient (Wildman–Crippen LogP) is -1.92. The molecule has 0 radical (unpaired) electrons. The molecule has 0 heterocycles. The van der Waals surface area contributed by atoms with Crippen molar-refractivity contribution in [1.82, 2.24) is 0 Å². The number of diazo groups is 1. The molecule has 4 N–H and O–H groups in total. The molecule has 0 saturated heterocycles. The van der Waals surface area contributed by atoms with Crippen LogP contribution in [0.25, 0.3) is 4.98 Å². The number of rotatable bonds is 1. The molecule has 0 aliphatic rings. The molecule has 0 fully saturated rings. The Kier molecular flexibility index (Phi) is 4.27. The lowest BCUT2D eigenvalue weighted by Gasteiger charge is -1.90. The van der Waals surface area contributed by atoms with Crippen LogP contribution < -0.4 is 23.9 Å². The van der Waals surface area contributed by atoms with Crippen LogP contribution in [0.3, 0.4) is 0 Å². The molecule has 5 nitrogen and oxygen atoms in total. The van der Waals surface area contributed by atoms with Gasteiger partial charge >= 0.3 is 5.69 Å². The zero-order valence-electron chi connectivity index (χ0n) is 6.68. The van der Waals surface area contributed by atoms with Gasteiger partial charge in [0.15, 0.2) is 10.9 Å². The lowest BCUT2D eigenvalue weighted by Crippen LogP contribution is -3.00. The molecule has 1 aromatic carbocycles. The van der Waals surface area contributed by atoms with E-state index in [1.807, 2.05) is 0 Å². The van der Waals surface area contributed by atoms with Gasteiger partial charge in [0.25, 0.3) is 0 Å². The van der Waals surface area contributed by atoms with E-state index in [1.165, 1.54) is 0 Å². The second kappa shape index (κ2) is 4.95. The third-order valence-corrected chi connectivity index (χ3v) is 1.20. The summed E-state index contributed by atoms with van der Waals surface area (Å²) in [5.74, 6) is -0.0231. The van der Waals surface area contributed by atoms with Crippen molar-refractivity contribution >= 4 is 17.3 Å². The zero-order valence-corrected chi connectivity index (χ0v) is 7.44. The fraction of sp³-hybridized carbons (Fsp3) is 0. The number of hydrogen-bond acceptors (Lipinski definition) is 2. The molecule has 0 bridgehead atoms. The molecule has 0 atom stereocenters. The Bertz CT molecular complexity index is 350. The average Bonchev–Trinajstić information content (AvgIpc) is 2.03. The number of halogens is 1. The highest BCUT2D eigenvalue weighted by molar-refractivity contribution is 5.79. The molecule has 6 heteroatoms. The van der Waals surface area contributed by atoms with Crippen molar-refractivity contribution in [2.24, 2.45) is 16.5 Å². The Morgan fingerprint density at radius 3 is 2.62 bits per heavy atom. The number of hydrogen-bond donors (Lipinski definition) is 2. The summed E-state index contributed by atoms with van der Waals surface area (Å²) in [6, 6.07) is 6.58. The summed E-state index contributed by atoms with van der Waals surface area (Å²) in [6.07, 6.45) is 0. The van der Waals surface area contributed by atoms with Crippen molar-refractivity contribution in [2.75, 3.05) is 0 Å². The number of guanidine groups is 1. The first-order valence-electron chi connectivity index (χ1n) is 3.27. The van der Waals surface area contributed by atoms with Gasteiger partial charge in [0.1, 0.15) is 0 Å². The smallest absolute Gasteiger partial charge is 0.387 e. The normalized spacial score (nSPS) is 7.92. The van der Waals surface area contributed by atoms with E-state index < -0.39 is 0 Å². The van der Waals surface area contributed by atoms with Gasteiger partial charge in [0, 0.05) is 6.07 Å². The summed E-state index contributed by atoms with van der Waals surface area (Å²) in [6.45, 7) is 0. The first-order valence-corrected chi connectivity index (χ1v) is 3.27. The second-order valence-electron chi connectivity index (χ2n) is 2.16. The van der Waals surface area contributed by atoms with Crippen LogP contribution in [0.15, 0.2) is 29.3 Å². The minimum Gasteiger partial charge on any atom is -1.00 e. The molecule has 0 amide bonds. The second-order valence-corrected chi connectivity index (χ2v) is 2.16. The van der Waals surface area contributed by atoms with Gasteiger partial charge in [0.2, 0.25) is 5.39 Å². The molecule has 13 heavy (non-hydrogen) atoms. The first kappa shape index (κ1) is 11.2. The molecule has 0 saturated carbocycles. The largest absolute Gasteiger partial charge is 1.00 e. The third kappa shape index (κ3) is 3.40. The minimum absolute atomic E-state index is 0. The molecular formula is C7H8ClN5. The van der Waals surface area contributed by atoms with Crippen LogP contribution in [0.5, 0.6) is 0 Å². The van der Waals surface area contributed by atoms with Crippen molar-refractivity contribution < 1.29 is 12.4 Å². The van der Waals surface area contributed by atoms with Crippen LogP contribution in [-0.2, 0) is 0 Å². The summed E-state index contributed by atoms with van der Waals surface area (Å²) in [5, 5.41) is 8.41. The summed E-state index contributed by atoms with van der Waals surface area (Å²) >= 11 is 0. The van der Waals surface area contributed by atoms with Crippen molar-refractivity contribution in [3.63, 3.8) is 0 Å². The molecule has 1 rings (SSSR count). The van der Waals surface area contributed by atoms with Crippen molar-refractivity contribution in [2.45, 2.75) is 0 Å². The van der Waals surface area contributed by atoms with E-state index in [4.69, 9.17) is 16.9 Å². The van der Waals surface area contributed by atoms with E-state index in [0.717, 1.165) is 0 Å². The van der Waals surface area contributed by atoms with Gasteiger partial charge in [-0.1, -0.05) is 6.07 Å².